The van der Waals surface area contributed by atoms with E-state index in [1.165, 1.54) is 12.1 Å². The molecule has 0 saturated carbocycles. The summed E-state index contributed by atoms with van der Waals surface area (Å²) < 4.78 is 22.6. The summed E-state index contributed by atoms with van der Waals surface area (Å²) in [7, 11) is 1.57. The third-order valence-electron chi connectivity index (χ3n) is 3.33. The molecule has 6 heteroatoms. The second-order valence-electron chi connectivity index (χ2n) is 4.77. The van der Waals surface area contributed by atoms with Crippen molar-refractivity contribution in [2.45, 2.75) is 31.1 Å². The zero-order chi connectivity index (χ0) is 14.0. The second kappa shape index (κ2) is 5.51. The van der Waals surface area contributed by atoms with Gasteiger partial charge in [-0.05, 0) is 49.9 Å². The predicted molar refractivity (Wildman–Crippen MR) is 74.0 cm³/mol. The number of hydrogen-bond donors (Lipinski definition) is 0. The van der Waals surface area contributed by atoms with Gasteiger partial charge >= 0.3 is 0 Å². The summed E-state index contributed by atoms with van der Waals surface area (Å²) in [5.74, 6) is -0.0404. The van der Waals surface area contributed by atoms with E-state index >= 15 is 0 Å². The van der Waals surface area contributed by atoms with Gasteiger partial charge in [-0.15, -0.1) is 0 Å². The first-order valence-corrected chi connectivity index (χ1v) is 8.55. The van der Waals surface area contributed by atoms with Gasteiger partial charge in [0.05, 0.1) is 4.90 Å². The molecule has 4 nitrogen and oxygen atoms in total. The van der Waals surface area contributed by atoms with Crippen LogP contribution >= 0.6 is 10.7 Å². The van der Waals surface area contributed by atoms with Crippen LogP contribution in [0.5, 0.6) is 0 Å². The van der Waals surface area contributed by atoms with Crippen LogP contribution in [0.4, 0.5) is 0 Å². The average Bonchev–Trinajstić information content (AvgIpc) is 2.37. The van der Waals surface area contributed by atoms with Crippen molar-refractivity contribution in [3.05, 3.63) is 29.3 Å². The van der Waals surface area contributed by atoms with E-state index in [9.17, 15) is 13.2 Å². The van der Waals surface area contributed by atoms with E-state index in [-0.39, 0.29) is 10.8 Å². The molecule has 1 aliphatic heterocycles. The molecule has 0 bridgehead atoms. The molecular formula is C13H16ClNO3S. The zero-order valence-electron chi connectivity index (χ0n) is 10.7. The Morgan fingerprint density at radius 3 is 2.37 bits per heavy atom. The van der Waals surface area contributed by atoms with Crippen molar-refractivity contribution in [3.63, 3.8) is 0 Å². The molecule has 2 rings (SSSR count). The highest BCUT2D eigenvalue weighted by Gasteiger charge is 2.20. The molecule has 0 aromatic heterocycles. The summed E-state index contributed by atoms with van der Waals surface area (Å²) in [5.41, 5.74) is 1.02. The quantitative estimate of drug-likeness (QED) is 0.789. The maximum atomic E-state index is 12.3. The van der Waals surface area contributed by atoms with Gasteiger partial charge in [-0.25, -0.2) is 8.42 Å². The van der Waals surface area contributed by atoms with Crippen molar-refractivity contribution in [3.8, 4) is 0 Å². The van der Waals surface area contributed by atoms with Gasteiger partial charge < -0.3 is 4.90 Å². The molecule has 1 aliphatic rings. The molecular weight excluding hydrogens is 286 g/mol. The number of rotatable bonds is 2. The first-order chi connectivity index (χ1) is 8.89. The number of amides is 1. The van der Waals surface area contributed by atoms with Gasteiger partial charge in [0.1, 0.15) is 0 Å². The monoisotopic (exact) mass is 301 g/mol. The van der Waals surface area contributed by atoms with Gasteiger partial charge in [0.2, 0.25) is 0 Å². The van der Waals surface area contributed by atoms with Crippen LogP contribution in [0.1, 0.15) is 35.2 Å². The Kier molecular flexibility index (Phi) is 4.16. The molecule has 1 heterocycles. The van der Waals surface area contributed by atoms with E-state index in [0.29, 0.717) is 11.1 Å². The minimum Gasteiger partial charge on any atom is -0.339 e. The number of carbonyl (C=O) groups is 1. The van der Waals surface area contributed by atoms with Crippen molar-refractivity contribution in [1.82, 2.24) is 4.90 Å². The molecule has 19 heavy (non-hydrogen) atoms. The molecule has 0 unspecified atom stereocenters. The summed E-state index contributed by atoms with van der Waals surface area (Å²) in [5, 5.41) is 0. The summed E-state index contributed by atoms with van der Waals surface area (Å²) in [6.07, 6.45) is 3.21. The van der Waals surface area contributed by atoms with Crippen molar-refractivity contribution in [1.29, 1.82) is 0 Å². The van der Waals surface area contributed by atoms with Crippen LogP contribution in [-0.4, -0.2) is 32.3 Å². The van der Waals surface area contributed by atoms with E-state index in [4.69, 9.17) is 10.7 Å². The Morgan fingerprint density at radius 1 is 1.21 bits per heavy atom. The maximum absolute atomic E-state index is 12.3. The first kappa shape index (κ1) is 14.3. The lowest BCUT2D eigenvalue weighted by Gasteiger charge is -2.26. The molecule has 1 amide bonds. The molecule has 0 radical (unpaired) electrons. The molecule has 0 aliphatic carbocycles. The third kappa shape index (κ3) is 3.28. The van der Waals surface area contributed by atoms with Crippen LogP contribution < -0.4 is 0 Å². The molecule has 0 N–H and O–H groups in total. The fourth-order valence-electron chi connectivity index (χ4n) is 2.34. The van der Waals surface area contributed by atoms with Gasteiger partial charge in [0, 0.05) is 29.3 Å². The molecule has 1 aromatic rings. The highest BCUT2D eigenvalue weighted by Crippen LogP contribution is 2.22. The Labute approximate surface area is 117 Å². The second-order valence-corrected chi connectivity index (χ2v) is 7.31. The maximum Gasteiger partial charge on any atom is 0.261 e. The first-order valence-electron chi connectivity index (χ1n) is 6.24. The minimum atomic E-state index is -3.75. The Bertz CT molecular complexity index is 592. The van der Waals surface area contributed by atoms with Crippen LogP contribution in [-0.2, 0) is 9.05 Å². The smallest absolute Gasteiger partial charge is 0.261 e. The summed E-state index contributed by atoms with van der Waals surface area (Å²) in [6.45, 7) is 3.18. The number of benzene rings is 1. The summed E-state index contributed by atoms with van der Waals surface area (Å²) in [4.78, 5) is 14.1. The van der Waals surface area contributed by atoms with E-state index in [1.807, 2.05) is 4.90 Å². The number of aryl methyl sites for hydroxylation is 1. The van der Waals surface area contributed by atoms with E-state index in [2.05, 4.69) is 0 Å². The number of piperidine rings is 1. The Balaban J connectivity index is 2.27. The molecule has 1 aromatic carbocycles. The number of hydrogen-bond acceptors (Lipinski definition) is 3. The van der Waals surface area contributed by atoms with Gasteiger partial charge in [-0.3, -0.25) is 4.79 Å². The Hall–Kier alpha value is -1.07. The normalized spacial score (nSPS) is 16.4. The SMILES string of the molecule is Cc1cc(C(=O)N2CCCCC2)ccc1S(=O)(=O)Cl. The number of likely N-dealkylation sites (tertiary alicyclic amines) is 1. The number of nitrogens with zero attached hydrogens (tertiary/aromatic N) is 1. The van der Waals surface area contributed by atoms with Gasteiger partial charge in [0.15, 0.2) is 0 Å². The highest BCUT2D eigenvalue weighted by molar-refractivity contribution is 8.13. The van der Waals surface area contributed by atoms with Crippen molar-refractivity contribution in [2.75, 3.05) is 13.1 Å². The van der Waals surface area contributed by atoms with Gasteiger partial charge in [-0.2, -0.15) is 0 Å². The standard InChI is InChI=1S/C13H16ClNO3S/c1-10-9-11(5-6-12(10)19(14,17)18)13(16)15-7-3-2-4-8-15/h5-6,9H,2-4,7-8H2,1H3. The summed E-state index contributed by atoms with van der Waals surface area (Å²) in [6, 6.07) is 4.51. The average molecular weight is 302 g/mol. The largest absolute Gasteiger partial charge is 0.339 e. The van der Waals surface area contributed by atoms with Crippen LogP contribution in [0, 0.1) is 6.92 Å². The van der Waals surface area contributed by atoms with Crippen LogP contribution in [0.2, 0.25) is 0 Å². The summed E-state index contributed by atoms with van der Waals surface area (Å²) >= 11 is 0. The Morgan fingerprint density at radius 2 is 1.84 bits per heavy atom. The van der Waals surface area contributed by atoms with Crippen LogP contribution in [0.15, 0.2) is 23.1 Å². The van der Waals surface area contributed by atoms with E-state index < -0.39 is 9.05 Å². The lowest BCUT2D eigenvalue weighted by atomic mass is 10.1. The lowest BCUT2D eigenvalue weighted by Crippen LogP contribution is -2.35. The molecule has 0 atom stereocenters. The molecule has 1 saturated heterocycles. The lowest BCUT2D eigenvalue weighted by molar-refractivity contribution is 0.0724. The van der Waals surface area contributed by atoms with Gasteiger partial charge in [-0.1, -0.05) is 0 Å². The van der Waals surface area contributed by atoms with Crippen LogP contribution in [0.25, 0.3) is 0 Å². The van der Waals surface area contributed by atoms with E-state index in [0.717, 1.165) is 32.4 Å². The number of halogens is 1. The molecule has 104 valence electrons. The number of carbonyl (C=O) groups excluding carboxylic acids is 1. The predicted octanol–water partition coefficient (Wildman–Crippen LogP) is 2.55. The topological polar surface area (TPSA) is 54.5 Å². The fourth-order valence-corrected chi connectivity index (χ4v) is 3.53. The molecule has 0 spiro atoms. The molecule has 1 fully saturated rings. The van der Waals surface area contributed by atoms with E-state index in [1.54, 1.807) is 13.0 Å². The van der Waals surface area contributed by atoms with Crippen LogP contribution in [0.3, 0.4) is 0 Å². The zero-order valence-corrected chi connectivity index (χ0v) is 12.3. The van der Waals surface area contributed by atoms with Crippen molar-refractivity contribution < 1.29 is 13.2 Å². The highest BCUT2D eigenvalue weighted by atomic mass is 35.7. The minimum absolute atomic E-state index is 0.0404. The van der Waals surface area contributed by atoms with Crippen molar-refractivity contribution in [2.24, 2.45) is 0 Å². The third-order valence-corrected chi connectivity index (χ3v) is 4.81. The van der Waals surface area contributed by atoms with Gasteiger partial charge in [0.25, 0.3) is 15.0 Å². The fraction of sp³-hybridized carbons (Fsp3) is 0.462. The van der Waals surface area contributed by atoms with Crippen molar-refractivity contribution >= 4 is 25.6 Å².